The summed E-state index contributed by atoms with van der Waals surface area (Å²) in [6.07, 6.45) is -21.5. The summed E-state index contributed by atoms with van der Waals surface area (Å²) in [4.78, 5) is 0. The zero-order valence-electron chi connectivity index (χ0n) is 15.4. The number of hydrogen-bond donors (Lipinski definition) is 1. The Labute approximate surface area is 61.3 Å². The number of aliphatic hydroxyl groups is 1. The summed E-state index contributed by atoms with van der Waals surface area (Å²) in [7, 11) is 0. The summed E-state index contributed by atoms with van der Waals surface area (Å²) < 4.78 is 88.8. The standard InChI is InChI=1S/C6H12O/c7-6-4-2-1-3-5-6/h6-7H,1-5H2/i1D2,2D2,3D2,4D2,5D2,6D,7D. The normalized spacial score (nSPS) is 90.9. The predicted molar refractivity (Wildman–Crippen MR) is 29.1 cm³/mol. The second kappa shape index (κ2) is 2.31. The molecule has 7 heavy (non-hydrogen) atoms. The Morgan fingerprint density at radius 1 is 1.57 bits per heavy atom. The molecule has 0 heterocycles. The molecule has 0 bridgehead atoms. The highest BCUT2D eigenvalue weighted by Gasteiger charge is 2.07. The van der Waals surface area contributed by atoms with Gasteiger partial charge in [-0.3, -0.25) is 0 Å². The van der Waals surface area contributed by atoms with Crippen LogP contribution in [-0.2, 0) is 0 Å². The molecule has 0 amide bonds. The monoisotopic (exact) mass is 112 g/mol. The highest BCUT2D eigenvalue weighted by molar-refractivity contribution is 4.61. The molecular formula is C6H12O. The van der Waals surface area contributed by atoms with Crippen LogP contribution in [0.15, 0.2) is 0 Å². The molecule has 1 saturated carbocycles. The van der Waals surface area contributed by atoms with Gasteiger partial charge in [-0.1, -0.05) is 19.1 Å². The molecule has 1 fully saturated rings. The zero-order chi connectivity index (χ0) is 15.7. The maximum atomic E-state index is 7.56. The molecule has 1 nitrogen and oxygen atoms in total. The second-order valence-corrected chi connectivity index (χ2v) is 0.954. The van der Waals surface area contributed by atoms with E-state index >= 15 is 0 Å². The summed E-state index contributed by atoms with van der Waals surface area (Å²) in [5.74, 6) is 0. The van der Waals surface area contributed by atoms with E-state index in [0.29, 0.717) is 0 Å². The Kier molecular flexibility index (Phi) is 0.227. The highest BCUT2D eigenvalue weighted by Crippen LogP contribution is 2.16. The quantitative estimate of drug-likeness (QED) is 0.542. The smallest absolute Gasteiger partial charge is 0.210 e. The lowest BCUT2D eigenvalue weighted by Gasteiger charge is -2.14. The van der Waals surface area contributed by atoms with Gasteiger partial charge in [0.05, 0.1) is 7.45 Å². The van der Waals surface area contributed by atoms with Crippen LogP contribution in [0, 0.1) is 0 Å². The van der Waals surface area contributed by atoms with Crippen molar-refractivity contribution in [1.82, 2.24) is 0 Å². The van der Waals surface area contributed by atoms with E-state index < -0.39 is 37.9 Å². The first kappa shape index (κ1) is 0.688. The lowest BCUT2D eigenvalue weighted by atomic mass is 9.98. The Morgan fingerprint density at radius 3 is 2.86 bits per heavy atom. The summed E-state index contributed by atoms with van der Waals surface area (Å²) in [5.41, 5.74) is 0. The van der Waals surface area contributed by atoms with Crippen LogP contribution in [0.3, 0.4) is 0 Å². The van der Waals surface area contributed by atoms with Crippen LogP contribution in [0.5, 0.6) is 0 Å². The van der Waals surface area contributed by atoms with Crippen LogP contribution in [0.25, 0.3) is 0 Å². The third-order valence-electron chi connectivity index (χ3n) is 0.477. The largest absolute Gasteiger partial charge is 0.393 e. The van der Waals surface area contributed by atoms with E-state index in [0.717, 1.165) is 0 Å². The van der Waals surface area contributed by atoms with Crippen molar-refractivity contribution in [2.75, 3.05) is 0 Å². The Bertz CT molecular complexity index is 356. The molecule has 42 valence electrons. The van der Waals surface area contributed by atoms with Gasteiger partial charge in [-0.05, 0) is 12.7 Å². The first-order chi connectivity index (χ1) is 8.06. The van der Waals surface area contributed by atoms with E-state index in [1.165, 1.54) is 0 Å². The van der Waals surface area contributed by atoms with Crippen LogP contribution < -0.4 is 0 Å². The summed E-state index contributed by atoms with van der Waals surface area (Å²) in [6.45, 7) is 0. The van der Waals surface area contributed by atoms with Crippen LogP contribution >= 0.6 is 0 Å². The molecule has 0 saturated heterocycles. The van der Waals surface area contributed by atoms with Crippen LogP contribution in [0.1, 0.15) is 46.9 Å². The Hall–Kier alpha value is -0.0400. The molecule has 0 aliphatic heterocycles. The van der Waals surface area contributed by atoms with Gasteiger partial charge in [0.25, 0.3) is 0 Å². The fourth-order valence-electron chi connectivity index (χ4n) is 0.239. The minimum absolute atomic E-state index is 3.57. The average molecular weight is 112 g/mol. The fraction of sp³-hybridized carbons (Fsp3) is 1.00. The van der Waals surface area contributed by atoms with E-state index in [2.05, 4.69) is 5.11 Å². The van der Waals surface area contributed by atoms with Crippen LogP contribution in [0.2, 0.25) is 0 Å². The minimum atomic E-state index is -3.60. The zero-order valence-corrected chi connectivity index (χ0v) is 3.41. The van der Waals surface area contributed by atoms with Crippen LogP contribution in [0.4, 0.5) is 0 Å². The first-order valence-corrected chi connectivity index (χ1v) is 1.70. The minimum Gasteiger partial charge on any atom is -0.393 e. The van der Waals surface area contributed by atoms with Crippen molar-refractivity contribution >= 4 is 0 Å². The van der Waals surface area contributed by atoms with E-state index in [4.69, 9.17) is 16.5 Å². The molecule has 1 rings (SSSR count). The van der Waals surface area contributed by atoms with Crippen molar-refractivity contribution in [3.8, 4) is 0 Å². The van der Waals surface area contributed by atoms with Crippen LogP contribution in [-0.4, -0.2) is 12.6 Å². The third kappa shape index (κ3) is 1.48. The second-order valence-electron chi connectivity index (χ2n) is 0.954. The van der Waals surface area contributed by atoms with E-state index in [1.807, 2.05) is 0 Å². The lowest BCUT2D eigenvalue weighted by molar-refractivity contribution is 0.130. The molecule has 1 N–H and O–H groups in total. The van der Waals surface area contributed by atoms with Gasteiger partial charge >= 0.3 is 0 Å². The van der Waals surface area contributed by atoms with E-state index in [1.54, 1.807) is 0 Å². The molecule has 0 unspecified atom stereocenters. The third-order valence-corrected chi connectivity index (χ3v) is 0.477. The summed E-state index contributed by atoms with van der Waals surface area (Å²) in [5, 5.41) is 3.69. The number of rotatable bonds is 1. The predicted octanol–water partition coefficient (Wildman–Crippen LogP) is 1.31. The van der Waals surface area contributed by atoms with Crippen molar-refractivity contribution < 1.29 is 20.2 Å². The molecule has 1 aliphatic carbocycles. The molecular weight excluding hydrogens is 88.1 g/mol. The molecule has 0 spiro atoms. The van der Waals surface area contributed by atoms with E-state index in [-0.39, 0.29) is 0 Å². The van der Waals surface area contributed by atoms with Crippen molar-refractivity contribution in [3.05, 3.63) is 0 Å². The fourth-order valence-corrected chi connectivity index (χ4v) is 0.239. The molecule has 0 atom stereocenters. The molecule has 1 heteroatoms. The average Bonchev–Trinajstić information content (AvgIpc) is 2.24. The number of hydrogen-bond acceptors (Lipinski definition) is 1. The topological polar surface area (TPSA) is 20.2 Å². The van der Waals surface area contributed by atoms with Crippen molar-refractivity contribution in [2.45, 2.75) is 37.9 Å². The van der Waals surface area contributed by atoms with E-state index in [9.17, 15) is 0 Å². The van der Waals surface area contributed by atoms with Gasteiger partial charge in [0.15, 0.2) is 0 Å². The molecule has 0 aromatic rings. The van der Waals surface area contributed by atoms with Crippen molar-refractivity contribution in [1.29, 1.82) is 1.43 Å². The summed E-state index contributed by atoms with van der Waals surface area (Å²) >= 11 is 0. The molecule has 0 aromatic heterocycles. The molecule has 1 aliphatic rings. The van der Waals surface area contributed by atoms with Gasteiger partial charge < -0.3 is 5.11 Å². The van der Waals surface area contributed by atoms with Gasteiger partial charge in [0.1, 0.15) is 0 Å². The lowest BCUT2D eigenvalue weighted by Crippen LogP contribution is -2.09. The van der Waals surface area contributed by atoms with Gasteiger partial charge in [0.2, 0.25) is 1.43 Å². The van der Waals surface area contributed by atoms with Crippen molar-refractivity contribution in [2.24, 2.45) is 0 Å². The SMILES string of the molecule is [2H]OC1([2H])C([2H])([2H])C([2H])([2H])C([2H])([2H])C([2H])([2H])C1([2H])[2H]. The molecule has 0 aromatic carbocycles. The Morgan fingerprint density at radius 2 is 2.29 bits per heavy atom. The van der Waals surface area contributed by atoms with Gasteiger partial charge in [0, 0.05) is 13.7 Å². The Balaban J connectivity index is 3.76. The van der Waals surface area contributed by atoms with Gasteiger partial charge in [-0.2, -0.15) is 0 Å². The van der Waals surface area contributed by atoms with Gasteiger partial charge in [-0.25, -0.2) is 0 Å². The highest BCUT2D eigenvalue weighted by atomic mass is 16.3. The molecule has 0 radical (unpaired) electrons. The van der Waals surface area contributed by atoms with Gasteiger partial charge in [-0.15, -0.1) is 0 Å². The summed E-state index contributed by atoms with van der Waals surface area (Å²) in [6, 6.07) is 0. The van der Waals surface area contributed by atoms with Crippen molar-refractivity contribution in [3.63, 3.8) is 0 Å². The first-order valence-electron chi connectivity index (χ1n) is 7.61. The maximum absolute atomic E-state index is 7.56. The maximum Gasteiger partial charge on any atom is 0.210 e.